The van der Waals surface area contributed by atoms with Gasteiger partial charge in [-0.2, -0.15) is 0 Å². The summed E-state index contributed by atoms with van der Waals surface area (Å²) in [5.41, 5.74) is 3.03. The molecule has 0 bridgehead atoms. The molecule has 0 aliphatic rings. The first-order valence-corrected chi connectivity index (χ1v) is 7.54. The van der Waals surface area contributed by atoms with Crippen molar-refractivity contribution in [2.75, 3.05) is 20.6 Å². The summed E-state index contributed by atoms with van der Waals surface area (Å²) in [4.78, 5) is 11.3. The Kier molecular flexibility index (Phi) is 3.83. The van der Waals surface area contributed by atoms with Crippen LogP contribution in [-0.4, -0.2) is 40.1 Å². The Morgan fingerprint density at radius 2 is 2.00 bits per heavy atom. The molecule has 0 saturated carbocycles. The number of rotatable bonds is 4. The third kappa shape index (κ3) is 2.61. The molecule has 5 heteroatoms. The fourth-order valence-electron chi connectivity index (χ4n) is 2.61. The number of hydrogen-bond acceptors (Lipinski definition) is 3. The summed E-state index contributed by atoms with van der Waals surface area (Å²) in [7, 11) is 4.14. The maximum Gasteiger partial charge on any atom is 0.127 e. The number of benzene rings is 1. The summed E-state index contributed by atoms with van der Waals surface area (Å²) in [6, 6.07) is 8.17. The number of nitrogens with zero attached hydrogens (tertiary/aromatic N) is 4. The summed E-state index contributed by atoms with van der Waals surface area (Å²) < 4.78 is 2.23. The van der Waals surface area contributed by atoms with E-state index < -0.39 is 0 Å². The normalized spacial score (nSPS) is 13.4. The number of aromatic nitrogens is 3. The van der Waals surface area contributed by atoms with Gasteiger partial charge in [0.2, 0.25) is 0 Å². The Morgan fingerprint density at radius 3 is 2.71 bits per heavy atom. The van der Waals surface area contributed by atoms with Crippen LogP contribution >= 0.6 is 11.6 Å². The van der Waals surface area contributed by atoms with E-state index in [9.17, 15) is 0 Å². The third-order valence-electron chi connectivity index (χ3n) is 3.64. The highest BCUT2D eigenvalue weighted by Crippen LogP contribution is 2.28. The molecule has 4 nitrogen and oxygen atoms in total. The molecule has 0 N–H and O–H groups in total. The molecule has 2 heterocycles. The Bertz CT molecular complexity index is 776. The summed E-state index contributed by atoms with van der Waals surface area (Å²) in [6.45, 7) is 3.77. The zero-order chi connectivity index (χ0) is 15.0. The van der Waals surface area contributed by atoms with Gasteiger partial charge >= 0.3 is 0 Å². The van der Waals surface area contributed by atoms with Gasteiger partial charge in [-0.3, -0.25) is 4.98 Å². The number of imidazole rings is 1. The van der Waals surface area contributed by atoms with Crippen molar-refractivity contribution in [2.24, 2.45) is 0 Å². The van der Waals surface area contributed by atoms with Crippen LogP contribution in [0, 0.1) is 0 Å². The second-order valence-corrected chi connectivity index (χ2v) is 6.20. The molecular weight excluding hydrogens is 284 g/mol. The van der Waals surface area contributed by atoms with Crippen molar-refractivity contribution in [1.82, 2.24) is 19.4 Å². The Hall–Kier alpha value is -1.65. The molecule has 0 saturated heterocycles. The first-order valence-electron chi connectivity index (χ1n) is 7.10. The summed E-state index contributed by atoms with van der Waals surface area (Å²) in [6.07, 6.45) is 1.84. The van der Waals surface area contributed by atoms with Crippen molar-refractivity contribution >= 4 is 33.5 Å². The maximum absolute atomic E-state index is 6.33. The number of halogens is 1. The number of fused-ring (bicyclic) bond motifs is 3. The molecule has 0 radical (unpaired) electrons. The maximum atomic E-state index is 6.33. The molecule has 0 fully saturated rings. The lowest BCUT2D eigenvalue weighted by Crippen LogP contribution is -2.19. The fraction of sp³-hybridized carbons (Fsp3) is 0.375. The lowest BCUT2D eigenvalue weighted by Gasteiger charge is -2.14. The molecule has 0 aliphatic carbocycles. The average molecular weight is 303 g/mol. The molecule has 110 valence electrons. The molecule has 1 unspecified atom stereocenters. The Morgan fingerprint density at radius 1 is 1.24 bits per heavy atom. The van der Waals surface area contributed by atoms with Crippen LogP contribution < -0.4 is 0 Å². The van der Waals surface area contributed by atoms with Gasteiger partial charge in [-0.25, -0.2) is 4.98 Å². The van der Waals surface area contributed by atoms with Crippen molar-refractivity contribution in [1.29, 1.82) is 0 Å². The average Bonchev–Trinajstić information content (AvgIpc) is 2.84. The molecule has 3 aromatic rings. The number of likely N-dealkylation sites (N-methyl/N-ethyl adjacent to an activating group) is 1. The quantitative estimate of drug-likeness (QED) is 0.692. The van der Waals surface area contributed by atoms with E-state index in [1.165, 1.54) is 0 Å². The molecule has 0 spiro atoms. The van der Waals surface area contributed by atoms with Gasteiger partial charge in [0.05, 0.1) is 22.6 Å². The Labute approximate surface area is 129 Å². The minimum atomic E-state index is -0.127. The van der Waals surface area contributed by atoms with Crippen molar-refractivity contribution in [2.45, 2.75) is 18.8 Å². The van der Waals surface area contributed by atoms with E-state index in [1.807, 2.05) is 31.3 Å². The van der Waals surface area contributed by atoms with Crippen LogP contribution in [0.1, 0.15) is 18.1 Å². The van der Waals surface area contributed by atoms with E-state index in [0.717, 1.165) is 40.9 Å². The molecular formula is C16H19ClN4. The molecule has 1 atom stereocenters. The summed E-state index contributed by atoms with van der Waals surface area (Å²) in [5, 5.41) is 1.00. The fourth-order valence-corrected chi connectivity index (χ4v) is 2.78. The van der Waals surface area contributed by atoms with E-state index in [0.29, 0.717) is 0 Å². The van der Waals surface area contributed by atoms with E-state index in [2.05, 4.69) is 34.6 Å². The van der Waals surface area contributed by atoms with Crippen LogP contribution in [0.5, 0.6) is 0 Å². The minimum Gasteiger partial charge on any atom is -0.325 e. The van der Waals surface area contributed by atoms with Crippen LogP contribution in [0.25, 0.3) is 21.9 Å². The van der Waals surface area contributed by atoms with Gasteiger partial charge in [-0.05, 0) is 27.1 Å². The van der Waals surface area contributed by atoms with Gasteiger partial charge in [-0.15, -0.1) is 11.6 Å². The van der Waals surface area contributed by atoms with E-state index in [-0.39, 0.29) is 5.38 Å². The van der Waals surface area contributed by atoms with Gasteiger partial charge in [0, 0.05) is 18.5 Å². The van der Waals surface area contributed by atoms with Gasteiger partial charge in [-0.1, -0.05) is 18.2 Å². The van der Waals surface area contributed by atoms with Gasteiger partial charge in [0.15, 0.2) is 0 Å². The highest BCUT2D eigenvalue weighted by Gasteiger charge is 2.17. The molecule has 2 aromatic heterocycles. The van der Waals surface area contributed by atoms with Gasteiger partial charge in [0.25, 0.3) is 0 Å². The Balaban J connectivity index is 2.27. The number of alkyl halides is 1. The van der Waals surface area contributed by atoms with E-state index in [1.54, 1.807) is 0 Å². The van der Waals surface area contributed by atoms with Crippen molar-refractivity contribution < 1.29 is 0 Å². The second-order valence-electron chi connectivity index (χ2n) is 5.55. The number of para-hydroxylation sites is 1. The minimum absolute atomic E-state index is 0.127. The van der Waals surface area contributed by atoms with Crippen molar-refractivity contribution in [3.8, 4) is 0 Å². The smallest absolute Gasteiger partial charge is 0.127 e. The third-order valence-corrected chi connectivity index (χ3v) is 3.83. The highest BCUT2D eigenvalue weighted by molar-refractivity contribution is 6.20. The number of hydrogen-bond donors (Lipinski definition) is 0. The first kappa shape index (κ1) is 14.3. The van der Waals surface area contributed by atoms with Crippen LogP contribution in [0.15, 0.2) is 30.5 Å². The van der Waals surface area contributed by atoms with Crippen molar-refractivity contribution in [3.05, 3.63) is 36.3 Å². The SMILES string of the molecule is CC(Cl)c1nc2cnc3ccccc3c2n1CCN(C)C. The summed E-state index contributed by atoms with van der Waals surface area (Å²) >= 11 is 6.33. The van der Waals surface area contributed by atoms with Gasteiger partial charge < -0.3 is 9.47 Å². The van der Waals surface area contributed by atoms with Gasteiger partial charge in [0.1, 0.15) is 11.3 Å². The zero-order valence-electron chi connectivity index (χ0n) is 12.5. The van der Waals surface area contributed by atoms with E-state index in [4.69, 9.17) is 16.6 Å². The monoisotopic (exact) mass is 302 g/mol. The van der Waals surface area contributed by atoms with Crippen LogP contribution in [0.2, 0.25) is 0 Å². The number of pyridine rings is 1. The van der Waals surface area contributed by atoms with E-state index >= 15 is 0 Å². The molecule has 1 aromatic carbocycles. The van der Waals surface area contributed by atoms with Crippen molar-refractivity contribution in [3.63, 3.8) is 0 Å². The predicted octanol–water partition coefficient (Wildman–Crippen LogP) is 3.45. The van der Waals surface area contributed by atoms with Crippen LogP contribution in [-0.2, 0) is 6.54 Å². The highest BCUT2D eigenvalue weighted by atomic mass is 35.5. The second kappa shape index (κ2) is 5.62. The molecule has 3 rings (SSSR count). The van der Waals surface area contributed by atoms with Crippen LogP contribution in [0.4, 0.5) is 0 Å². The lowest BCUT2D eigenvalue weighted by molar-refractivity contribution is 0.383. The lowest BCUT2D eigenvalue weighted by atomic mass is 10.2. The largest absolute Gasteiger partial charge is 0.325 e. The predicted molar refractivity (Wildman–Crippen MR) is 87.9 cm³/mol. The summed E-state index contributed by atoms with van der Waals surface area (Å²) in [5.74, 6) is 0.909. The first-order chi connectivity index (χ1) is 10.1. The van der Waals surface area contributed by atoms with Crippen LogP contribution in [0.3, 0.4) is 0 Å². The topological polar surface area (TPSA) is 34.0 Å². The standard InChI is InChI=1S/C16H19ClN4/c1-11(17)16-19-14-10-18-13-7-5-4-6-12(13)15(14)21(16)9-8-20(2)3/h4-7,10-11H,8-9H2,1-3H3. The molecule has 21 heavy (non-hydrogen) atoms. The molecule has 0 amide bonds. The molecule has 0 aliphatic heterocycles. The zero-order valence-corrected chi connectivity index (χ0v) is 13.3.